The van der Waals surface area contributed by atoms with Crippen molar-refractivity contribution < 1.29 is 8.76 Å². The summed E-state index contributed by atoms with van der Waals surface area (Å²) in [6, 6.07) is 10.0. The maximum Gasteiger partial charge on any atom is 0.138 e. The van der Waals surface area contributed by atoms with Gasteiger partial charge in [0.25, 0.3) is 0 Å². The Balaban J connectivity index is 2.23. The molecule has 0 aromatic heterocycles. The molecule has 3 nitrogen and oxygen atoms in total. The SMILES string of the molecule is C=S(=O)(O)NCCCc1ccccc1. The van der Waals surface area contributed by atoms with Gasteiger partial charge < -0.3 is 4.55 Å². The molecule has 0 saturated heterocycles. The third kappa shape index (κ3) is 5.01. The van der Waals surface area contributed by atoms with E-state index in [1.54, 1.807) is 0 Å². The molecule has 1 atom stereocenters. The summed E-state index contributed by atoms with van der Waals surface area (Å²) >= 11 is 0. The third-order valence-electron chi connectivity index (χ3n) is 1.81. The van der Waals surface area contributed by atoms with E-state index >= 15 is 0 Å². The number of benzene rings is 1. The molecule has 0 aliphatic carbocycles. The molecule has 2 N–H and O–H groups in total. The molecule has 1 unspecified atom stereocenters. The molecule has 0 fully saturated rings. The normalized spacial score (nSPS) is 14.9. The van der Waals surface area contributed by atoms with Crippen LogP contribution < -0.4 is 4.72 Å². The highest BCUT2D eigenvalue weighted by Gasteiger charge is 1.95. The van der Waals surface area contributed by atoms with Crippen LogP contribution in [0.1, 0.15) is 12.0 Å². The van der Waals surface area contributed by atoms with Gasteiger partial charge in [-0.2, -0.15) is 0 Å². The number of rotatable bonds is 5. The molecule has 0 radical (unpaired) electrons. The van der Waals surface area contributed by atoms with Crippen molar-refractivity contribution in [1.29, 1.82) is 0 Å². The van der Waals surface area contributed by atoms with Gasteiger partial charge in [-0.15, -0.1) is 0 Å². The minimum absolute atomic E-state index is 0.508. The summed E-state index contributed by atoms with van der Waals surface area (Å²) in [6.45, 7) is 0.508. The zero-order chi connectivity index (χ0) is 10.4. The molecule has 1 aromatic rings. The zero-order valence-electron chi connectivity index (χ0n) is 7.98. The molecule has 0 amide bonds. The molecule has 14 heavy (non-hydrogen) atoms. The van der Waals surface area contributed by atoms with E-state index in [0.717, 1.165) is 12.8 Å². The standard InChI is InChI=1S/C10H15NO2S/c1-14(12,13)11-9-5-8-10-6-3-2-4-7-10/h2-4,6-7H,1,5,8-9H2,(H2,11,12,13). The summed E-state index contributed by atoms with van der Waals surface area (Å²) in [5.74, 6) is 3.09. The summed E-state index contributed by atoms with van der Waals surface area (Å²) in [5, 5.41) is 0. The Morgan fingerprint density at radius 2 is 2.00 bits per heavy atom. The van der Waals surface area contributed by atoms with Crippen LogP contribution in [0.15, 0.2) is 30.3 Å². The molecule has 1 rings (SSSR count). The summed E-state index contributed by atoms with van der Waals surface area (Å²) < 4.78 is 22.0. The molecular formula is C10H15NO2S. The molecule has 0 aliphatic heterocycles. The van der Waals surface area contributed by atoms with Gasteiger partial charge in [-0.05, 0) is 24.3 Å². The predicted octanol–water partition coefficient (Wildman–Crippen LogP) is 1.31. The van der Waals surface area contributed by atoms with E-state index in [-0.39, 0.29) is 0 Å². The Labute approximate surface area is 85.1 Å². The monoisotopic (exact) mass is 213 g/mol. The lowest BCUT2D eigenvalue weighted by Crippen LogP contribution is -2.23. The lowest BCUT2D eigenvalue weighted by molar-refractivity contribution is 0.542. The first-order valence-electron chi connectivity index (χ1n) is 4.46. The highest BCUT2D eigenvalue weighted by atomic mass is 32.2. The van der Waals surface area contributed by atoms with Crippen molar-refractivity contribution >= 4 is 15.9 Å². The van der Waals surface area contributed by atoms with E-state index in [0.29, 0.717) is 6.54 Å². The molecular weight excluding hydrogens is 198 g/mol. The van der Waals surface area contributed by atoms with Crippen molar-refractivity contribution in [3.8, 4) is 0 Å². The zero-order valence-corrected chi connectivity index (χ0v) is 8.80. The van der Waals surface area contributed by atoms with Crippen molar-refractivity contribution in [3.63, 3.8) is 0 Å². The maximum absolute atomic E-state index is 10.7. The smallest absolute Gasteiger partial charge is 0.138 e. The summed E-state index contributed by atoms with van der Waals surface area (Å²) in [7, 11) is -3.03. The van der Waals surface area contributed by atoms with E-state index in [2.05, 4.69) is 10.6 Å². The Hall–Kier alpha value is -0.840. The number of nitrogens with one attached hydrogen (secondary N) is 1. The van der Waals surface area contributed by atoms with Gasteiger partial charge in [0.1, 0.15) is 9.99 Å². The second kappa shape index (κ2) is 5.14. The highest BCUT2D eigenvalue weighted by molar-refractivity contribution is 7.93. The lowest BCUT2D eigenvalue weighted by Gasteiger charge is -2.04. The van der Waals surface area contributed by atoms with E-state index < -0.39 is 9.99 Å². The fraction of sp³-hybridized carbons (Fsp3) is 0.300. The van der Waals surface area contributed by atoms with Crippen molar-refractivity contribution in [2.45, 2.75) is 12.8 Å². The molecule has 0 bridgehead atoms. The van der Waals surface area contributed by atoms with Crippen LogP contribution >= 0.6 is 0 Å². The molecule has 78 valence electrons. The number of hydrogen-bond acceptors (Lipinski definition) is 1. The third-order valence-corrected chi connectivity index (χ3v) is 2.47. The average molecular weight is 213 g/mol. The van der Waals surface area contributed by atoms with E-state index in [1.165, 1.54) is 5.56 Å². The van der Waals surface area contributed by atoms with Crippen molar-refractivity contribution in [2.24, 2.45) is 0 Å². The summed E-state index contributed by atoms with van der Waals surface area (Å²) in [6.07, 6.45) is 1.74. The van der Waals surface area contributed by atoms with Gasteiger partial charge in [0.05, 0.1) is 0 Å². The van der Waals surface area contributed by atoms with Gasteiger partial charge in [-0.3, -0.25) is 0 Å². The second-order valence-corrected chi connectivity index (χ2v) is 4.69. The van der Waals surface area contributed by atoms with Gasteiger partial charge >= 0.3 is 0 Å². The van der Waals surface area contributed by atoms with E-state index in [4.69, 9.17) is 4.55 Å². The minimum atomic E-state index is -3.03. The molecule has 0 saturated carbocycles. The Bertz CT molecular complexity index is 359. The van der Waals surface area contributed by atoms with Gasteiger partial charge in [0, 0.05) is 6.54 Å². The summed E-state index contributed by atoms with van der Waals surface area (Å²) in [5.41, 5.74) is 1.24. The van der Waals surface area contributed by atoms with E-state index in [9.17, 15) is 4.21 Å². The van der Waals surface area contributed by atoms with Gasteiger partial charge in [-0.25, -0.2) is 8.93 Å². The van der Waals surface area contributed by atoms with Crippen LogP contribution in [0.25, 0.3) is 0 Å². The maximum atomic E-state index is 10.7. The van der Waals surface area contributed by atoms with Crippen molar-refractivity contribution in [2.75, 3.05) is 6.54 Å². The molecule has 1 aromatic carbocycles. The van der Waals surface area contributed by atoms with Gasteiger partial charge in [0.15, 0.2) is 0 Å². The quantitative estimate of drug-likeness (QED) is 0.572. The molecule has 0 spiro atoms. The Morgan fingerprint density at radius 1 is 1.36 bits per heavy atom. The number of aryl methyl sites for hydroxylation is 1. The molecule has 0 aliphatic rings. The largest absolute Gasteiger partial charge is 0.303 e. The van der Waals surface area contributed by atoms with Gasteiger partial charge in [0.2, 0.25) is 0 Å². The average Bonchev–Trinajstić information content (AvgIpc) is 2.13. The second-order valence-electron chi connectivity index (χ2n) is 3.12. The number of hydrogen-bond donors (Lipinski definition) is 2. The predicted molar refractivity (Wildman–Crippen MR) is 60.7 cm³/mol. The van der Waals surface area contributed by atoms with Gasteiger partial charge in [-0.1, -0.05) is 30.3 Å². The fourth-order valence-electron chi connectivity index (χ4n) is 1.17. The molecule has 0 heterocycles. The first-order chi connectivity index (χ1) is 6.58. The van der Waals surface area contributed by atoms with Crippen LogP contribution in [0.4, 0.5) is 0 Å². The van der Waals surface area contributed by atoms with Crippen molar-refractivity contribution in [3.05, 3.63) is 35.9 Å². The molecule has 4 heteroatoms. The first-order valence-corrected chi connectivity index (χ1v) is 6.14. The van der Waals surface area contributed by atoms with Crippen LogP contribution in [0.5, 0.6) is 0 Å². The Kier molecular flexibility index (Phi) is 4.13. The van der Waals surface area contributed by atoms with Crippen LogP contribution in [0, 0.1) is 0 Å². The van der Waals surface area contributed by atoms with E-state index in [1.807, 2.05) is 30.3 Å². The minimum Gasteiger partial charge on any atom is -0.303 e. The van der Waals surface area contributed by atoms with Crippen molar-refractivity contribution in [1.82, 2.24) is 4.72 Å². The van der Waals surface area contributed by atoms with Crippen LogP contribution in [-0.4, -0.2) is 21.2 Å². The fourth-order valence-corrected chi connectivity index (χ4v) is 1.63. The van der Waals surface area contributed by atoms with Crippen LogP contribution in [0.3, 0.4) is 0 Å². The van der Waals surface area contributed by atoms with Crippen LogP contribution in [0.2, 0.25) is 0 Å². The topological polar surface area (TPSA) is 49.3 Å². The lowest BCUT2D eigenvalue weighted by atomic mass is 10.1. The summed E-state index contributed by atoms with van der Waals surface area (Å²) in [4.78, 5) is 0. The first kappa shape index (κ1) is 11.2. The van der Waals surface area contributed by atoms with Crippen LogP contribution in [-0.2, 0) is 16.4 Å². The Morgan fingerprint density at radius 3 is 2.57 bits per heavy atom. The highest BCUT2D eigenvalue weighted by Crippen LogP contribution is 2.01.